The lowest BCUT2D eigenvalue weighted by Crippen LogP contribution is -2.33. The number of sulfonamides is 1. The molecule has 0 aliphatic heterocycles. The van der Waals surface area contributed by atoms with Crippen LogP contribution in [0.5, 0.6) is 0 Å². The number of halogens is 3. The van der Waals surface area contributed by atoms with Crippen molar-refractivity contribution in [2.24, 2.45) is 0 Å². The first-order valence-corrected chi connectivity index (χ1v) is 7.80. The van der Waals surface area contributed by atoms with Gasteiger partial charge in [-0.05, 0) is 24.6 Å². The Kier molecular flexibility index (Phi) is 5.77. The van der Waals surface area contributed by atoms with Crippen molar-refractivity contribution >= 4 is 10.0 Å². The van der Waals surface area contributed by atoms with Gasteiger partial charge in [-0.1, -0.05) is 12.1 Å². The van der Waals surface area contributed by atoms with E-state index in [0.29, 0.717) is 5.56 Å². The van der Waals surface area contributed by atoms with Gasteiger partial charge in [0.25, 0.3) is 0 Å². The van der Waals surface area contributed by atoms with Crippen molar-refractivity contribution in [3.05, 3.63) is 35.4 Å². The van der Waals surface area contributed by atoms with Gasteiger partial charge in [-0.3, -0.25) is 0 Å². The van der Waals surface area contributed by atoms with E-state index in [-0.39, 0.29) is 12.3 Å². The number of methoxy groups -OCH3 is 1. The maximum atomic E-state index is 12.4. The molecule has 0 aliphatic rings. The molecule has 0 saturated carbocycles. The quantitative estimate of drug-likeness (QED) is 0.807. The van der Waals surface area contributed by atoms with E-state index in [4.69, 9.17) is 4.74 Å². The molecule has 1 rings (SSSR count). The van der Waals surface area contributed by atoms with Crippen molar-refractivity contribution < 1.29 is 26.3 Å². The highest BCUT2D eigenvalue weighted by molar-refractivity contribution is 7.89. The van der Waals surface area contributed by atoms with E-state index >= 15 is 0 Å². The van der Waals surface area contributed by atoms with E-state index in [1.807, 2.05) is 0 Å². The maximum Gasteiger partial charge on any atom is 0.416 e. The van der Waals surface area contributed by atoms with Crippen LogP contribution in [0.25, 0.3) is 0 Å². The lowest BCUT2D eigenvalue weighted by molar-refractivity contribution is -0.137. The first kappa shape index (κ1) is 17.9. The number of benzene rings is 1. The Hall–Kier alpha value is -1.12. The Morgan fingerprint density at radius 1 is 1.24 bits per heavy atom. The van der Waals surface area contributed by atoms with Crippen molar-refractivity contribution in [1.29, 1.82) is 0 Å². The molecule has 0 bridgehead atoms. The summed E-state index contributed by atoms with van der Waals surface area (Å²) in [6.07, 6.45) is -4.85. The van der Waals surface area contributed by atoms with Crippen LogP contribution >= 0.6 is 0 Å². The molecule has 0 aromatic heterocycles. The van der Waals surface area contributed by atoms with Gasteiger partial charge in [0.15, 0.2) is 0 Å². The van der Waals surface area contributed by atoms with E-state index in [0.717, 1.165) is 16.4 Å². The summed E-state index contributed by atoms with van der Waals surface area (Å²) < 4.78 is 67.3. The highest BCUT2D eigenvalue weighted by atomic mass is 32.2. The molecule has 0 N–H and O–H groups in total. The summed E-state index contributed by atoms with van der Waals surface area (Å²) in [6.45, 7) is 1.64. The van der Waals surface area contributed by atoms with Crippen LogP contribution in [-0.2, 0) is 27.5 Å². The third-order valence-electron chi connectivity index (χ3n) is 3.01. The molecule has 4 nitrogen and oxygen atoms in total. The van der Waals surface area contributed by atoms with E-state index in [2.05, 4.69) is 0 Å². The monoisotopic (exact) mass is 325 g/mol. The van der Waals surface area contributed by atoms with E-state index < -0.39 is 27.9 Å². The molecule has 0 radical (unpaired) electrons. The first-order chi connectivity index (χ1) is 9.56. The molecular weight excluding hydrogens is 307 g/mol. The van der Waals surface area contributed by atoms with E-state index in [1.54, 1.807) is 6.92 Å². The van der Waals surface area contributed by atoms with Crippen molar-refractivity contribution in [3.8, 4) is 0 Å². The predicted octanol–water partition coefficient (Wildman–Crippen LogP) is 2.50. The number of rotatable bonds is 6. The van der Waals surface area contributed by atoms with Gasteiger partial charge in [-0.2, -0.15) is 13.2 Å². The molecule has 0 unspecified atom stereocenters. The number of ether oxygens (including phenoxy) is 1. The van der Waals surface area contributed by atoms with Crippen LogP contribution in [0, 0.1) is 0 Å². The lowest BCUT2D eigenvalue weighted by Gasteiger charge is -2.19. The zero-order chi connectivity index (χ0) is 16.3. The smallest absolute Gasteiger partial charge is 0.381 e. The van der Waals surface area contributed by atoms with Gasteiger partial charge in [0.05, 0.1) is 17.4 Å². The predicted molar refractivity (Wildman–Crippen MR) is 73.2 cm³/mol. The van der Waals surface area contributed by atoms with Crippen molar-refractivity contribution in [2.45, 2.75) is 25.7 Å². The van der Waals surface area contributed by atoms with Crippen LogP contribution in [0.1, 0.15) is 18.1 Å². The molecule has 0 amide bonds. The fourth-order valence-electron chi connectivity index (χ4n) is 1.65. The molecule has 0 aliphatic carbocycles. The summed E-state index contributed by atoms with van der Waals surface area (Å²) in [5.74, 6) is -0.180. The third-order valence-corrected chi connectivity index (χ3v) is 4.98. The molecule has 0 spiro atoms. The van der Waals surface area contributed by atoms with Gasteiger partial charge in [0.1, 0.15) is 0 Å². The second kappa shape index (κ2) is 6.76. The van der Waals surface area contributed by atoms with Crippen LogP contribution < -0.4 is 0 Å². The largest absolute Gasteiger partial charge is 0.416 e. The van der Waals surface area contributed by atoms with Gasteiger partial charge < -0.3 is 4.74 Å². The van der Waals surface area contributed by atoms with Gasteiger partial charge in [0.2, 0.25) is 10.0 Å². The lowest BCUT2D eigenvalue weighted by atomic mass is 10.1. The van der Waals surface area contributed by atoms with Crippen LogP contribution in [0.2, 0.25) is 0 Å². The Morgan fingerprint density at radius 3 is 2.19 bits per heavy atom. The van der Waals surface area contributed by atoms with Crippen molar-refractivity contribution in [3.63, 3.8) is 0 Å². The minimum Gasteiger partial charge on any atom is -0.381 e. The molecule has 1 aromatic rings. The highest BCUT2D eigenvalue weighted by Crippen LogP contribution is 2.29. The molecule has 1 aromatic carbocycles. The second-order valence-electron chi connectivity index (χ2n) is 4.78. The van der Waals surface area contributed by atoms with Crippen LogP contribution in [0.15, 0.2) is 24.3 Å². The molecule has 0 heterocycles. The molecule has 8 heteroatoms. The Morgan fingerprint density at radius 2 is 1.76 bits per heavy atom. The van der Waals surface area contributed by atoms with Gasteiger partial charge in [0, 0.05) is 20.7 Å². The Labute approximate surface area is 122 Å². The molecule has 0 fully saturated rings. The number of nitrogens with zero attached hydrogens (tertiary/aromatic N) is 1. The zero-order valence-electron chi connectivity index (χ0n) is 12.0. The third kappa shape index (κ3) is 5.29. The zero-order valence-corrected chi connectivity index (χ0v) is 12.8. The highest BCUT2D eigenvalue weighted by Gasteiger charge is 2.30. The van der Waals surface area contributed by atoms with Gasteiger partial charge >= 0.3 is 6.18 Å². The number of hydrogen-bond acceptors (Lipinski definition) is 3. The first-order valence-electron chi connectivity index (χ1n) is 6.19. The standard InChI is InChI=1S/C13H18F3NO3S/c1-10(20-3)9-21(18,19)17(2)8-11-4-6-12(7-5-11)13(14,15)16/h4-7,10H,8-9H2,1-3H3/t10-/m1/s1. The van der Waals surface area contributed by atoms with Crippen LogP contribution in [-0.4, -0.2) is 38.7 Å². The summed E-state index contributed by atoms with van der Waals surface area (Å²) in [5, 5.41) is 0. The number of alkyl halides is 3. The summed E-state index contributed by atoms with van der Waals surface area (Å²) in [7, 11) is -0.725. The second-order valence-corrected chi connectivity index (χ2v) is 6.90. The minimum absolute atomic E-state index is 0.0108. The maximum absolute atomic E-state index is 12.4. The van der Waals surface area contributed by atoms with Crippen LogP contribution in [0.4, 0.5) is 13.2 Å². The molecule has 1 atom stereocenters. The summed E-state index contributed by atoms with van der Waals surface area (Å²) in [4.78, 5) is 0. The topological polar surface area (TPSA) is 46.6 Å². The Bertz CT molecular complexity index is 555. The van der Waals surface area contributed by atoms with Crippen molar-refractivity contribution in [1.82, 2.24) is 4.31 Å². The summed E-state index contributed by atoms with van der Waals surface area (Å²) >= 11 is 0. The van der Waals surface area contributed by atoms with Crippen LogP contribution in [0.3, 0.4) is 0 Å². The van der Waals surface area contributed by atoms with Gasteiger partial charge in [-0.15, -0.1) is 0 Å². The molecular formula is C13H18F3NO3S. The Balaban J connectivity index is 2.77. The van der Waals surface area contributed by atoms with E-state index in [1.165, 1.54) is 26.3 Å². The normalized spacial score (nSPS) is 14.4. The van der Waals surface area contributed by atoms with Crippen molar-refractivity contribution in [2.75, 3.05) is 19.9 Å². The molecule has 21 heavy (non-hydrogen) atoms. The number of hydrogen-bond donors (Lipinski definition) is 0. The van der Waals surface area contributed by atoms with E-state index in [9.17, 15) is 21.6 Å². The average molecular weight is 325 g/mol. The summed E-state index contributed by atoms with van der Waals surface area (Å²) in [5.41, 5.74) is -0.274. The molecule has 120 valence electrons. The SMILES string of the molecule is CO[C@H](C)CS(=O)(=O)N(C)Cc1ccc(C(F)(F)F)cc1. The average Bonchev–Trinajstić information content (AvgIpc) is 2.37. The van der Waals surface area contributed by atoms with Gasteiger partial charge in [-0.25, -0.2) is 12.7 Å². The fourth-order valence-corrected chi connectivity index (χ4v) is 2.98. The minimum atomic E-state index is -4.40. The summed E-state index contributed by atoms with van der Waals surface area (Å²) in [6, 6.07) is 4.42. The molecule has 0 saturated heterocycles. The fraction of sp³-hybridized carbons (Fsp3) is 0.538.